The van der Waals surface area contributed by atoms with Crippen LogP contribution in [0.5, 0.6) is 0 Å². The minimum Gasteiger partial charge on any atom is -0.351 e. The van der Waals surface area contributed by atoms with Crippen molar-refractivity contribution in [3.05, 3.63) is 65.0 Å². The van der Waals surface area contributed by atoms with Crippen LogP contribution in [-0.4, -0.2) is 17.4 Å². The van der Waals surface area contributed by atoms with Crippen LogP contribution in [0.1, 0.15) is 41.3 Å². The minimum atomic E-state index is -1.05. The quantitative estimate of drug-likeness (QED) is 0.914. The summed E-state index contributed by atoms with van der Waals surface area (Å²) < 4.78 is 27.8. The molecule has 0 aliphatic rings. The summed E-state index contributed by atoms with van der Waals surface area (Å²) in [5, 5.41) is 11.3. The second kappa shape index (κ2) is 7.64. The molecule has 1 N–H and O–H groups in total. The summed E-state index contributed by atoms with van der Waals surface area (Å²) in [6, 6.07) is 7.03. The normalized spacial score (nSPS) is 11.8. The summed E-state index contributed by atoms with van der Waals surface area (Å²) in [4.78, 5) is 16.2. The third-order valence-corrected chi connectivity index (χ3v) is 3.80. The van der Waals surface area contributed by atoms with Crippen LogP contribution in [0, 0.1) is 28.9 Å². The van der Waals surface area contributed by atoms with Crippen molar-refractivity contribution in [1.29, 1.82) is 5.26 Å². The molecule has 0 saturated heterocycles. The van der Waals surface area contributed by atoms with Gasteiger partial charge in [0.1, 0.15) is 17.2 Å². The lowest BCUT2D eigenvalue weighted by Gasteiger charge is -2.21. The van der Waals surface area contributed by atoms with E-state index in [9.17, 15) is 13.6 Å². The maximum Gasteiger partial charge on any atom is 0.257 e. The SMILES string of the molecule is CC(C)[C@@H](CNC(=O)c1c(F)cc(C#N)cc1F)c1cccnc1. The van der Waals surface area contributed by atoms with Crippen LogP contribution in [0.2, 0.25) is 0 Å². The smallest absolute Gasteiger partial charge is 0.257 e. The van der Waals surface area contributed by atoms with Crippen molar-refractivity contribution >= 4 is 5.91 Å². The lowest BCUT2D eigenvalue weighted by Crippen LogP contribution is -2.31. The van der Waals surface area contributed by atoms with Gasteiger partial charge < -0.3 is 5.32 Å². The van der Waals surface area contributed by atoms with E-state index < -0.39 is 23.1 Å². The molecule has 24 heavy (non-hydrogen) atoms. The van der Waals surface area contributed by atoms with Crippen LogP contribution in [0.15, 0.2) is 36.7 Å². The van der Waals surface area contributed by atoms with Gasteiger partial charge in [0.15, 0.2) is 0 Å². The minimum absolute atomic E-state index is 0.0350. The third-order valence-electron chi connectivity index (χ3n) is 3.80. The number of aromatic nitrogens is 1. The molecule has 6 heteroatoms. The topological polar surface area (TPSA) is 65.8 Å². The van der Waals surface area contributed by atoms with Crippen molar-refractivity contribution in [2.24, 2.45) is 5.92 Å². The first-order valence-corrected chi connectivity index (χ1v) is 7.51. The number of benzene rings is 1. The summed E-state index contributed by atoms with van der Waals surface area (Å²) in [6.07, 6.45) is 3.36. The van der Waals surface area contributed by atoms with E-state index in [0.717, 1.165) is 17.7 Å². The molecule has 0 saturated carbocycles. The predicted molar refractivity (Wildman–Crippen MR) is 85.2 cm³/mol. The molecule has 0 radical (unpaired) electrons. The highest BCUT2D eigenvalue weighted by Crippen LogP contribution is 2.23. The fraction of sp³-hybridized carbons (Fsp3) is 0.278. The first-order chi connectivity index (χ1) is 11.4. The van der Waals surface area contributed by atoms with Gasteiger partial charge >= 0.3 is 0 Å². The van der Waals surface area contributed by atoms with Crippen molar-refractivity contribution in [3.8, 4) is 6.07 Å². The van der Waals surface area contributed by atoms with Crippen LogP contribution < -0.4 is 5.32 Å². The summed E-state index contributed by atoms with van der Waals surface area (Å²) in [5.74, 6) is -2.78. The molecule has 0 aliphatic heterocycles. The van der Waals surface area contributed by atoms with Gasteiger partial charge in [0.2, 0.25) is 0 Å². The Balaban J connectivity index is 2.17. The first kappa shape index (κ1) is 17.5. The molecule has 124 valence electrons. The largest absolute Gasteiger partial charge is 0.351 e. The molecule has 0 bridgehead atoms. The highest BCUT2D eigenvalue weighted by Gasteiger charge is 2.22. The van der Waals surface area contributed by atoms with Gasteiger partial charge in [-0.25, -0.2) is 8.78 Å². The van der Waals surface area contributed by atoms with Crippen LogP contribution in [0.4, 0.5) is 8.78 Å². The molecule has 1 atom stereocenters. The number of carbonyl (C=O) groups is 1. The van der Waals surface area contributed by atoms with E-state index in [2.05, 4.69) is 10.3 Å². The van der Waals surface area contributed by atoms with Gasteiger partial charge in [-0.3, -0.25) is 9.78 Å². The Morgan fingerprint density at radius 2 is 2.00 bits per heavy atom. The fourth-order valence-corrected chi connectivity index (χ4v) is 2.48. The number of amides is 1. The summed E-state index contributed by atoms with van der Waals surface area (Å²) >= 11 is 0. The highest BCUT2D eigenvalue weighted by molar-refractivity contribution is 5.94. The molecule has 2 rings (SSSR count). The van der Waals surface area contributed by atoms with Gasteiger partial charge in [-0.05, 0) is 29.7 Å². The number of nitriles is 1. The predicted octanol–water partition coefficient (Wildman–Crippen LogP) is 3.40. The number of nitrogens with zero attached hydrogens (tertiary/aromatic N) is 2. The zero-order chi connectivity index (χ0) is 17.7. The molecule has 1 amide bonds. The number of hydrogen-bond acceptors (Lipinski definition) is 3. The number of hydrogen-bond donors (Lipinski definition) is 1. The summed E-state index contributed by atoms with van der Waals surface area (Å²) in [7, 11) is 0. The molecular formula is C18H17F2N3O. The van der Waals surface area contributed by atoms with E-state index in [1.165, 1.54) is 0 Å². The lowest BCUT2D eigenvalue weighted by atomic mass is 9.89. The number of nitrogens with one attached hydrogen (secondary N) is 1. The van der Waals surface area contributed by atoms with E-state index in [4.69, 9.17) is 5.26 Å². The summed E-state index contributed by atoms with van der Waals surface area (Å²) in [6.45, 7) is 4.21. The molecule has 0 unspecified atom stereocenters. The van der Waals surface area contributed by atoms with Crippen molar-refractivity contribution in [1.82, 2.24) is 10.3 Å². The number of halogens is 2. The van der Waals surface area contributed by atoms with Crippen molar-refractivity contribution in [2.75, 3.05) is 6.54 Å². The Morgan fingerprint density at radius 3 is 2.50 bits per heavy atom. The fourth-order valence-electron chi connectivity index (χ4n) is 2.48. The average Bonchev–Trinajstić information content (AvgIpc) is 2.55. The molecule has 0 aliphatic carbocycles. The molecule has 1 aromatic carbocycles. The Morgan fingerprint density at radius 1 is 1.33 bits per heavy atom. The van der Waals surface area contributed by atoms with Gasteiger partial charge in [-0.2, -0.15) is 5.26 Å². The number of carbonyl (C=O) groups excluding carboxylic acids is 1. The molecule has 2 aromatic rings. The van der Waals surface area contributed by atoms with Crippen LogP contribution >= 0.6 is 0 Å². The van der Waals surface area contributed by atoms with Crippen LogP contribution in [0.25, 0.3) is 0 Å². The maximum atomic E-state index is 13.9. The van der Waals surface area contributed by atoms with E-state index >= 15 is 0 Å². The Labute approximate surface area is 139 Å². The molecule has 1 aromatic heterocycles. The second-order valence-corrected chi connectivity index (χ2v) is 5.77. The van der Waals surface area contributed by atoms with E-state index in [0.29, 0.717) is 0 Å². The zero-order valence-electron chi connectivity index (χ0n) is 13.4. The molecule has 0 spiro atoms. The van der Waals surface area contributed by atoms with E-state index in [1.807, 2.05) is 19.9 Å². The van der Waals surface area contributed by atoms with E-state index in [1.54, 1.807) is 24.5 Å². The number of rotatable bonds is 5. The standard InChI is InChI=1S/C18H17F2N3O/c1-11(2)14(13-4-3-5-22-9-13)10-23-18(24)17-15(19)6-12(8-21)7-16(17)20/h3-7,9,11,14H,10H2,1-2H3,(H,23,24)/t14-/m1/s1. The van der Waals surface area contributed by atoms with Gasteiger partial charge in [-0.15, -0.1) is 0 Å². The van der Waals surface area contributed by atoms with Gasteiger partial charge in [0.05, 0.1) is 11.6 Å². The van der Waals surface area contributed by atoms with Crippen molar-refractivity contribution in [3.63, 3.8) is 0 Å². The zero-order valence-corrected chi connectivity index (χ0v) is 13.4. The second-order valence-electron chi connectivity index (χ2n) is 5.77. The maximum absolute atomic E-state index is 13.9. The monoisotopic (exact) mass is 329 g/mol. The Bertz CT molecular complexity index is 747. The van der Waals surface area contributed by atoms with Gasteiger partial charge in [-0.1, -0.05) is 19.9 Å². The highest BCUT2D eigenvalue weighted by atomic mass is 19.1. The molecule has 0 fully saturated rings. The Kier molecular flexibility index (Phi) is 5.59. The van der Waals surface area contributed by atoms with Crippen LogP contribution in [0.3, 0.4) is 0 Å². The van der Waals surface area contributed by atoms with Crippen LogP contribution in [-0.2, 0) is 0 Å². The van der Waals surface area contributed by atoms with Gasteiger partial charge in [0, 0.05) is 24.9 Å². The van der Waals surface area contributed by atoms with Gasteiger partial charge in [0.25, 0.3) is 5.91 Å². The lowest BCUT2D eigenvalue weighted by molar-refractivity contribution is 0.0940. The average molecular weight is 329 g/mol. The first-order valence-electron chi connectivity index (χ1n) is 7.51. The third kappa shape index (κ3) is 3.93. The Hall–Kier alpha value is -2.81. The number of pyridine rings is 1. The van der Waals surface area contributed by atoms with E-state index in [-0.39, 0.29) is 23.9 Å². The molecule has 1 heterocycles. The molecule has 4 nitrogen and oxygen atoms in total. The molecular weight excluding hydrogens is 312 g/mol. The van der Waals surface area contributed by atoms with Crippen molar-refractivity contribution < 1.29 is 13.6 Å². The van der Waals surface area contributed by atoms with Crippen molar-refractivity contribution in [2.45, 2.75) is 19.8 Å². The summed E-state index contributed by atoms with van der Waals surface area (Å²) in [5.41, 5.74) is 0.0910.